The van der Waals surface area contributed by atoms with Gasteiger partial charge in [-0.05, 0) is 56.2 Å². The quantitative estimate of drug-likeness (QED) is 0.413. The van der Waals surface area contributed by atoms with Crippen molar-refractivity contribution in [2.45, 2.75) is 43.6 Å². The molecule has 1 heterocycles. The number of hydrogen-bond acceptors (Lipinski definition) is 6. The van der Waals surface area contributed by atoms with Gasteiger partial charge in [0.25, 0.3) is 0 Å². The van der Waals surface area contributed by atoms with Gasteiger partial charge in [0, 0.05) is 5.70 Å². The summed E-state index contributed by atoms with van der Waals surface area (Å²) < 4.78 is 45.0. The van der Waals surface area contributed by atoms with E-state index in [0.29, 0.717) is 11.3 Å². The van der Waals surface area contributed by atoms with Crippen LogP contribution in [0.5, 0.6) is 0 Å². The zero-order valence-corrected chi connectivity index (χ0v) is 20.9. The lowest BCUT2D eigenvalue weighted by atomic mass is 9.93. The number of allylic oxidation sites excluding steroid dienone is 1. The normalized spacial score (nSPS) is 15.9. The van der Waals surface area contributed by atoms with Gasteiger partial charge in [-0.25, -0.2) is 22.4 Å². The zero-order valence-electron chi connectivity index (χ0n) is 20.1. The first kappa shape index (κ1) is 26.6. The van der Waals surface area contributed by atoms with Crippen molar-refractivity contribution in [2.75, 3.05) is 11.5 Å². The number of esters is 1. The van der Waals surface area contributed by atoms with Crippen molar-refractivity contribution in [3.63, 3.8) is 0 Å². The number of ether oxygens (including phenoxy) is 1. The van der Waals surface area contributed by atoms with Gasteiger partial charge in [-0.2, -0.15) is 5.26 Å². The number of amides is 2. The van der Waals surface area contributed by atoms with E-state index in [0.717, 1.165) is 0 Å². The van der Waals surface area contributed by atoms with E-state index in [1.807, 2.05) is 6.07 Å². The van der Waals surface area contributed by atoms with Crippen LogP contribution in [0.4, 0.5) is 14.9 Å². The minimum atomic E-state index is -3.91. The average molecular weight is 512 g/mol. The number of nitrogens with one attached hydrogen (secondary N) is 1. The topological polar surface area (TPSA) is 117 Å². The van der Waals surface area contributed by atoms with Gasteiger partial charge in [-0.1, -0.05) is 30.9 Å². The fraction of sp³-hybridized carbons (Fsp3) is 0.269. The smallest absolute Gasteiger partial charge is 0.338 e. The lowest BCUT2D eigenvalue weighted by molar-refractivity contribution is -0.138. The molecule has 0 aliphatic carbocycles. The van der Waals surface area contributed by atoms with Crippen LogP contribution in [0.2, 0.25) is 0 Å². The van der Waals surface area contributed by atoms with E-state index in [2.05, 4.69) is 11.9 Å². The monoisotopic (exact) mass is 511 g/mol. The van der Waals surface area contributed by atoms with Crippen LogP contribution in [0.1, 0.15) is 43.5 Å². The minimum Gasteiger partial charge on any atom is -0.458 e. The summed E-state index contributed by atoms with van der Waals surface area (Å²) in [4.78, 5) is 27.6. The standard InChI is InChI=1S/C26H26FN3O5S/c1-5-11-35-25(31)23-17(4)30(20-8-6-7-18(12-20)14-27)26(32)29-24(23)21-10-9-19(15-28)13-22(21)36(33,34)16(2)3/h5-10,12-13,16,24H,1,11,14H2,2-4H3,(H,29,32). The van der Waals surface area contributed by atoms with Crippen LogP contribution in [-0.2, 0) is 26.0 Å². The van der Waals surface area contributed by atoms with Gasteiger partial charge in [0.05, 0.1) is 39.1 Å². The highest BCUT2D eigenvalue weighted by Crippen LogP contribution is 2.38. The molecule has 0 aromatic heterocycles. The first-order valence-electron chi connectivity index (χ1n) is 11.1. The fourth-order valence-electron chi connectivity index (χ4n) is 3.89. The fourth-order valence-corrected chi connectivity index (χ4v) is 5.20. The highest BCUT2D eigenvalue weighted by atomic mass is 32.2. The SMILES string of the molecule is C=CCOC(=O)C1=C(C)N(c2cccc(CF)c2)C(=O)NC1c1ccc(C#N)cc1S(=O)(=O)C(C)C. The maximum absolute atomic E-state index is 13.3. The summed E-state index contributed by atoms with van der Waals surface area (Å²) in [5.41, 5.74) is 1.07. The third kappa shape index (κ3) is 5.02. The van der Waals surface area contributed by atoms with Crippen LogP contribution in [0.3, 0.4) is 0 Å². The van der Waals surface area contributed by atoms with E-state index in [9.17, 15) is 27.7 Å². The summed E-state index contributed by atoms with van der Waals surface area (Å²) in [7, 11) is -3.91. The Labute approximate surface area is 209 Å². The van der Waals surface area contributed by atoms with E-state index in [-0.39, 0.29) is 33.9 Å². The molecule has 8 nitrogen and oxygen atoms in total. The van der Waals surface area contributed by atoms with E-state index in [4.69, 9.17) is 4.74 Å². The van der Waals surface area contributed by atoms with Gasteiger partial charge in [0.2, 0.25) is 0 Å². The Morgan fingerprint density at radius 3 is 2.64 bits per heavy atom. The molecule has 10 heteroatoms. The Balaban J connectivity index is 2.29. The average Bonchev–Trinajstić information content (AvgIpc) is 2.86. The molecule has 188 valence electrons. The lowest BCUT2D eigenvalue weighted by Crippen LogP contribution is -2.48. The van der Waals surface area contributed by atoms with E-state index < -0.39 is 39.8 Å². The largest absolute Gasteiger partial charge is 0.458 e. The Hall–Kier alpha value is -3.97. The molecule has 1 aliphatic rings. The number of benzene rings is 2. The van der Waals surface area contributed by atoms with Gasteiger partial charge in [-0.15, -0.1) is 0 Å². The molecule has 0 saturated carbocycles. The second-order valence-electron chi connectivity index (χ2n) is 8.37. The highest BCUT2D eigenvalue weighted by Gasteiger charge is 2.40. The van der Waals surface area contributed by atoms with Crippen LogP contribution in [0.15, 0.2) is 71.3 Å². The predicted octanol–water partition coefficient (Wildman–Crippen LogP) is 4.48. The van der Waals surface area contributed by atoms with Crippen molar-refractivity contribution < 1.29 is 27.1 Å². The van der Waals surface area contributed by atoms with Crippen molar-refractivity contribution in [2.24, 2.45) is 0 Å². The van der Waals surface area contributed by atoms with Gasteiger partial charge in [-0.3, -0.25) is 4.90 Å². The molecule has 1 N–H and O–H groups in total. The molecule has 0 saturated heterocycles. The number of nitriles is 1. The molecular formula is C26H26FN3O5S. The number of hydrogen-bond donors (Lipinski definition) is 1. The molecular weight excluding hydrogens is 485 g/mol. The Kier molecular flexibility index (Phi) is 7.95. The summed E-state index contributed by atoms with van der Waals surface area (Å²) in [5, 5.41) is 11.2. The number of sulfone groups is 1. The van der Waals surface area contributed by atoms with Crippen molar-refractivity contribution in [1.82, 2.24) is 5.32 Å². The molecule has 3 rings (SSSR count). The van der Waals surface area contributed by atoms with E-state index >= 15 is 0 Å². The number of urea groups is 1. The van der Waals surface area contributed by atoms with Gasteiger partial charge < -0.3 is 10.1 Å². The second kappa shape index (κ2) is 10.7. The number of anilines is 1. The van der Waals surface area contributed by atoms with Crippen molar-refractivity contribution >= 4 is 27.5 Å². The summed E-state index contributed by atoms with van der Waals surface area (Å²) in [6.07, 6.45) is 1.38. The Morgan fingerprint density at radius 1 is 1.31 bits per heavy atom. The third-order valence-corrected chi connectivity index (χ3v) is 7.95. The highest BCUT2D eigenvalue weighted by molar-refractivity contribution is 7.92. The molecule has 0 radical (unpaired) electrons. The molecule has 0 bridgehead atoms. The number of rotatable bonds is 8. The maximum atomic E-state index is 13.3. The summed E-state index contributed by atoms with van der Waals surface area (Å²) in [6, 6.07) is 10.4. The first-order chi connectivity index (χ1) is 17.1. The van der Waals surface area contributed by atoms with Gasteiger partial charge in [0.1, 0.15) is 13.3 Å². The molecule has 1 unspecified atom stereocenters. The lowest BCUT2D eigenvalue weighted by Gasteiger charge is -2.36. The van der Waals surface area contributed by atoms with E-state index in [1.54, 1.807) is 18.2 Å². The van der Waals surface area contributed by atoms with Gasteiger partial charge >= 0.3 is 12.0 Å². The Bertz CT molecular complexity index is 1390. The number of carbonyl (C=O) groups is 2. The third-order valence-electron chi connectivity index (χ3n) is 5.74. The van der Waals surface area contributed by atoms with Crippen molar-refractivity contribution in [1.29, 1.82) is 5.26 Å². The van der Waals surface area contributed by atoms with Crippen LogP contribution < -0.4 is 10.2 Å². The Morgan fingerprint density at radius 2 is 2.03 bits per heavy atom. The first-order valence-corrected chi connectivity index (χ1v) is 12.6. The van der Waals surface area contributed by atoms with Crippen LogP contribution in [0, 0.1) is 11.3 Å². The van der Waals surface area contributed by atoms with Crippen molar-refractivity contribution in [3.05, 3.63) is 83.1 Å². The number of alkyl halides is 1. The molecule has 2 aromatic carbocycles. The summed E-state index contributed by atoms with van der Waals surface area (Å²) >= 11 is 0. The molecule has 2 amide bonds. The molecule has 1 atom stereocenters. The summed E-state index contributed by atoms with van der Waals surface area (Å²) in [6.45, 7) is 7.20. The van der Waals surface area contributed by atoms with Crippen LogP contribution >= 0.6 is 0 Å². The second-order valence-corrected chi connectivity index (χ2v) is 10.8. The maximum Gasteiger partial charge on any atom is 0.338 e. The van der Waals surface area contributed by atoms with E-state index in [1.165, 1.54) is 56.0 Å². The summed E-state index contributed by atoms with van der Waals surface area (Å²) in [5.74, 6) is -0.790. The number of halogens is 1. The van der Waals surface area contributed by atoms with Crippen LogP contribution in [0.25, 0.3) is 0 Å². The molecule has 36 heavy (non-hydrogen) atoms. The number of nitrogens with zero attached hydrogens (tertiary/aromatic N) is 2. The molecule has 1 aliphatic heterocycles. The number of carbonyl (C=O) groups excluding carboxylic acids is 2. The molecule has 2 aromatic rings. The van der Waals surface area contributed by atoms with Gasteiger partial charge in [0.15, 0.2) is 9.84 Å². The van der Waals surface area contributed by atoms with Crippen LogP contribution in [-0.4, -0.2) is 32.3 Å². The molecule has 0 fully saturated rings. The zero-order chi connectivity index (χ0) is 26.6. The van der Waals surface area contributed by atoms with Crippen molar-refractivity contribution in [3.8, 4) is 6.07 Å². The predicted molar refractivity (Wildman–Crippen MR) is 132 cm³/mol. The minimum absolute atomic E-state index is 0.00739. The molecule has 0 spiro atoms.